The summed E-state index contributed by atoms with van der Waals surface area (Å²) in [7, 11) is -0.967. The Morgan fingerprint density at radius 3 is 2.38 bits per heavy atom. The van der Waals surface area contributed by atoms with Crippen LogP contribution in [0.3, 0.4) is 0 Å². The highest BCUT2D eigenvalue weighted by Gasteiger charge is 1.96. The fourth-order valence-corrected chi connectivity index (χ4v) is 0.693. The first-order valence-corrected chi connectivity index (χ1v) is 3.87. The van der Waals surface area contributed by atoms with E-state index in [1.165, 1.54) is 6.26 Å². The first kappa shape index (κ1) is 7.62. The Kier molecular flexibility index (Phi) is 3.43. The van der Waals surface area contributed by atoms with Gasteiger partial charge in [0.1, 0.15) is 0 Å². The maximum atomic E-state index is 10.2. The summed E-state index contributed by atoms with van der Waals surface area (Å²) >= 11 is 0. The Balaban J connectivity index is 3.18. The largest absolute Gasteiger partial charge is 0.481 e. The van der Waals surface area contributed by atoms with E-state index >= 15 is 0 Å². The second-order valence-corrected chi connectivity index (χ2v) is 2.98. The minimum Gasteiger partial charge on any atom is -0.481 e. The molecule has 0 saturated carbocycles. The van der Waals surface area contributed by atoms with E-state index in [0.29, 0.717) is 0 Å². The first-order valence-electron chi connectivity index (χ1n) is 2.14. The Morgan fingerprint density at radius 2 is 2.25 bits per heavy atom. The van der Waals surface area contributed by atoms with Crippen LogP contribution in [-0.4, -0.2) is 27.3 Å². The SMILES string of the molecule is C[S@](=O)CCC(=O)O. The third-order valence-corrected chi connectivity index (χ3v) is 1.38. The molecule has 0 amide bonds. The number of carbonyl (C=O) groups is 1. The molecule has 0 aromatic carbocycles. The normalized spacial score (nSPS) is 13.1. The van der Waals surface area contributed by atoms with Crippen LogP contribution < -0.4 is 0 Å². The van der Waals surface area contributed by atoms with Crippen molar-refractivity contribution in [3.8, 4) is 0 Å². The van der Waals surface area contributed by atoms with Crippen molar-refractivity contribution in [2.24, 2.45) is 0 Å². The lowest BCUT2D eigenvalue weighted by atomic mass is 10.5. The van der Waals surface area contributed by atoms with Gasteiger partial charge >= 0.3 is 5.97 Å². The highest BCUT2D eigenvalue weighted by Crippen LogP contribution is 1.81. The monoisotopic (exact) mass is 136 g/mol. The van der Waals surface area contributed by atoms with Crippen molar-refractivity contribution in [2.45, 2.75) is 6.42 Å². The molecule has 0 aromatic rings. The number of carboxylic acids is 1. The molecule has 0 unspecified atom stereocenters. The van der Waals surface area contributed by atoms with E-state index in [9.17, 15) is 9.00 Å². The minimum atomic E-state index is -0.967. The third kappa shape index (κ3) is 5.62. The van der Waals surface area contributed by atoms with Crippen LogP contribution in [0.25, 0.3) is 0 Å². The standard InChI is InChI=1S/C4H8O3S/c1-8(7)3-2-4(5)6/h2-3H2,1H3,(H,5,6)/t8-/m0/s1. The number of rotatable bonds is 3. The molecule has 0 aliphatic carbocycles. The smallest absolute Gasteiger partial charge is 0.304 e. The van der Waals surface area contributed by atoms with Gasteiger partial charge in [-0.2, -0.15) is 0 Å². The van der Waals surface area contributed by atoms with Crippen LogP contribution in [-0.2, 0) is 15.6 Å². The zero-order valence-electron chi connectivity index (χ0n) is 4.59. The predicted octanol–water partition coefficient (Wildman–Crippen LogP) is -0.160. The summed E-state index contributed by atoms with van der Waals surface area (Å²) < 4.78 is 10.2. The van der Waals surface area contributed by atoms with Crippen molar-refractivity contribution in [1.29, 1.82) is 0 Å². The summed E-state index contributed by atoms with van der Waals surface area (Å²) in [6.07, 6.45) is 1.49. The van der Waals surface area contributed by atoms with Gasteiger partial charge in [-0.25, -0.2) is 0 Å². The van der Waals surface area contributed by atoms with Crippen LogP contribution in [0.1, 0.15) is 6.42 Å². The molecule has 0 rings (SSSR count). The van der Waals surface area contributed by atoms with E-state index in [1.807, 2.05) is 0 Å². The van der Waals surface area contributed by atoms with Crippen molar-refractivity contribution < 1.29 is 14.1 Å². The van der Waals surface area contributed by atoms with Gasteiger partial charge in [-0.3, -0.25) is 9.00 Å². The lowest BCUT2D eigenvalue weighted by Crippen LogP contribution is -2.02. The van der Waals surface area contributed by atoms with Crippen LogP contribution in [0.15, 0.2) is 0 Å². The Labute approximate surface area is 50.2 Å². The Morgan fingerprint density at radius 1 is 1.75 bits per heavy atom. The van der Waals surface area contributed by atoms with Crippen molar-refractivity contribution in [3.63, 3.8) is 0 Å². The van der Waals surface area contributed by atoms with Gasteiger partial charge in [0.2, 0.25) is 0 Å². The molecule has 1 N–H and O–H groups in total. The van der Waals surface area contributed by atoms with Crippen LogP contribution in [0, 0.1) is 0 Å². The summed E-state index contributed by atoms with van der Waals surface area (Å²) in [5.41, 5.74) is 0. The molecule has 0 radical (unpaired) electrons. The summed E-state index contributed by atoms with van der Waals surface area (Å²) in [6, 6.07) is 0. The van der Waals surface area contributed by atoms with Gasteiger partial charge in [0.05, 0.1) is 6.42 Å². The fraction of sp³-hybridized carbons (Fsp3) is 0.750. The van der Waals surface area contributed by atoms with Gasteiger partial charge in [-0.05, 0) is 0 Å². The predicted molar refractivity (Wildman–Crippen MR) is 31.2 cm³/mol. The summed E-state index contributed by atoms with van der Waals surface area (Å²) in [5, 5.41) is 8.03. The zero-order chi connectivity index (χ0) is 6.57. The van der Waals surface area contributed by atoms with Gasteiger partial charge in [0.25, 0.3) is 0 Å². The van der Waals surface area contributed by atoms with E-state index < -0.39 is 16.8 Å². The molecule has 1 atom stereocenters. The van der Waals surface area contributed by atoms with Crippen molar-refractivity contribution in [3.05, 3.63) is 0 Å². The molecule has 8 heavy (non-hydrogen) atoms. The zero-order valence-corrected chi connectivity index (χ0v) is 5.40. The van der Waals surface area contributed by atoms with Crippen molar-refractivity contribution in [1.82, 2.24) is 0 Å². The number of carboxylic acid groups (broad SMARTS) is 1. The van der Waals surface area contributed by atoms with Gasteiger partial charge in [0, 0.05) is 22.8 Å². The number of hydrogen-bond donors (Lipinski definition) is 1. The molecule has 4 heteroatoms. The molecule has 3 nitrogen and oxygen atoms in total. The van der Waals surface area contributed by atoms with E-state index in [1.54, 1.807) is 0 Å². The van der Waals surface area contributed by atoms with E-state index in [0.717, 1.165) is 0 Å². The molecule has 0 saturated heterocycles. The van der Waals surface area contributed by atoms with Crippen LogP contribution in [0.4, 0.5) is 0 Å². The lowest BCUT2D eigenvalue weighted by Gasteiger charge is -1.87. The van der Waals surface area contributed by atoms with Crippen LogP contribution in [0.5, 0.6) is 0 Å². The maximum absolute atomic E-state index is 10.2. The number of hydrogen-bond acceptors (Lipinski definition) is 2. The van der Waals surface area contributed by atoms with Crippen LogP contribution in [0.2, 0.25) is 0 Å². The summed E-state index contributed by atoms with van der Waals surface area (Å²) in [6.45, 7) is 0. The molecule has 0 aromatic heterocycles. The third-order valence-electron chi connectivity index (χ3n) is 0.603. The summed E-state index contributed by atoms with van der Waals surface area (Å²) in [5.74, 6) is -0.629. The molecule has 0 heterocycles. The second-order valence-electron chi connectivity index (χ2n) is 1.42. The maximum Gasteiger partial charge on any atom is 0.304 e. The van der Waals surface area contributed by atoms with Gasteiger partial charge < -0.3 is 5.11 Å². The van der Waals surface area contributed by atoms with Crippen LogP contribution >= 0.6 is 0 Å². The molecule has 0 aliphatic rings. The van der Waals surface area contributed by atoms with Gasteiger partial charge in [0.15, 0.2) is 0 Å². The molecule has 0 aliphatic heterocycles. The Bertz CT molecular complexity index is 95.9. The summed E-state index contributed by atoms with van der Waals surface area (Å²) in [4.78, 5) is 9.77. The topological polar surface area (TPSA) is 54.4 Å². The average molecular weight is 136 g/mol. The lowest BCUT2D eigenvalue weighted by molar-refractivity contribution is -0.136. The molecule has 0 bridgehead atoms. The highest BCUT2D eigenvalue weighted by atomic mass is 32.2. The van der Waals surface area contributed by atoms with Crippen molar-refractivity contribution >= 4 is 16.8 Å². The molecule has 0 fully saturated rings. The molecule has 48 valence electrons. The van der Waals surface area contributed by atoms with Gasteiger partial charge in [-0.15, -0.1) is 0 Å². The fourth-order valence-electron chi connectivity index (χ4n) is 0.231. The highest BCUT2D eigenvalue weighted by molar-refractivity contribution is 7.84. The quantitative estimate of drug-likeness (QED) is 0.586. The van der Waals surface area contributed by atoms with E-state index in [-0.39, 0.29) is 12.2 Å². The van der Waals surface area contributed by atoms with Crippen molar-refractivity contribution in [2.75, 3.05) is 12.0 Å². The first-order chi connectivity index (χ1) is 3.63. The van der Waals surface area contributed by atoms with E-state index in [2.05, 4.69) is 0 Å². The van der Waals surface area contributed by atoms with E-state index in [4.69, 9.17) is 5.11 Å². The Hall–Kier alpha value is -0.380. The minimum absolute atomic E-state index is 0.00309. The molecular weight excluding hydrogens is 128 g/mol. The number of aliphatic carboxylic acids is 1. The second kappa shape index (κ2) is 3.60. The molecular formula is C4H8O3S. The van der Waals surface area contributed by atoms with Gasteiger partial charge in [-0.1, -0.05) is 0 Å². The molecule has 0 spiro atoms. The average Bonchev–Trinajstić information content (AvgIpc) is 1.61.